The van der Waals surface area contributed by atoms with Gasteiger partial charge < -0.3 is 9.47 Å². The van der Waals surface area contributed by atoms with E-state index in [0.717, 1.165) is 20.4 Å². The summed E-state index contributed by atoms with van der Waals surface area (Å²) in [6.07, 6.45) is 1.84. The van der Waals surface area contributed by atoms with Gasteiger partial charge in [-0.15, -0.1) is 0 Å². The lowest BCUT2D eigenvalue weighted by atomic mass is 10.1. The molecule has 0 saturated carbocycles. The zero-order chi connectivity index (χ0) is 20.1. The number of rotatable bonds is 6. The fraction of sp³-hybridized carbons (Fsp3) is 0.174. The number of hydrogen-bond acceptors (Lipinski definition) is 3. The summed E-state index contributed by atoms with van der Waals surface area (Å²) in [4.78, 5) is 4.59. The van der Waals surface area contributed by atoms with Gasteiger partial charge in [0.25, 0.3) is 0 Å². The number of hydrogen-bond donors (Lipinski definition) is 0. The molecule has 3 aromatic carbocycles. The van der Waals surface area contributed by atoms with Gasteiger partial charge in [0.2, 0.25) is 0 Å². The normalized spacial score (nSPS) is 11.0. The maximum Gasteiger partial charge on any atom is 0.174 e. The predicted molar refractivity (Wildman–Crippen MR) is 125 cm³/mol. The van der Waals surface area contributed by atoms with Gasteiger partial charge in [-0.1, -0.05) is 29.8 Å². The van der Waals surface area contributed by atoms with Crippen molar-refractivity contribution in [3.05, 3.63) is 85.4 Å². The number of benzene rings is 3. The van der Waals surface area contributed by atoms with Crippen molar-refractivity contribution in [2.45, 2.75) is 20.5 Å². The Hall–Kier alpha value is -2.05. The lowest BCUT2D eigenvalue weighted by molar-refractivity contribution is 0.282. The van der Waals surface area contributed by atoms with Crippen LogP contribution >= 0.6 is 34.2 Å². The van der Waals surface area contributed by atoms with Crippen LogP contribution in [0.1, 0.15) is 22.3 Å². The number of nitrogens with zero attached hydrogens (tertiary/aromatic N) is 1. The Morgan fingerprint density at radius 2 is 1.86 bits per heavy atom. The second-order valence-electron chi connectivity index (χ2n) is 6.48. The quantitative estimate of drug-likeness (QED) is 0.269. The lowest BCUT2D eigenvalue weighted by Gasteiger charge is -2.13. The van der Waals surface area contributed by atoms with Gasteiger partial charge in [-0.05, 0) is 95.1 Å². The average Bonchev–Trinajstić information content (AvgIpc) is 2.67. The van der Waals surface area contributed by atoms with Crippen LogP contribution in [0.15, 0.2) is 59.6 Å². The number of aryl methyl sites for hydroxylation is 2. The number of halogens is 2. The van der Waals surface area contributed by atoms with E-state index >= 15 is 0 Å². The van der Waals surface area contributed by atoms with Crippen molar-refractivity contribution in [3.8, 4) is 11.5 Å². The van der Waals surface area contributed by atoms with Crippen LogP contribution in [0.3, 0.4) is 0 Å². The molecule has 0 radical (unpaired) electrons. The molecule has 0 heterocycles. The summed E-state index contributed by atoms with van der Waals surface area (Å²) < 4.78 is 12.5. The van der Waals surface area contributed by atoms with Crippen molar-refractivity contribution >= 4 is 46.1 Å². The molecule has 28 heavy (non-hydrogen) atoms. The first-order valence-corrected chi connectivity index (χ1v) is 10.3. The minimum absolute atomic E-state index is 0.420. The van der Waals surface area contributed by atoms with E-state index in [4.69, 9.17) is 21.1 Å². The van der Waals surface area contributed by atoms with Gasteiger partial charge in [0.15, 0.2) is 11.5 Å². The van der Waals surface area contributed by atoms with Gasteiger partial charge in [0.05, 0.1) is 16.4 Å². The highest BCUT2D eigenvalue weighted by atomic mass is 127. The maximum absolute atomic E-state index is 6.04. The molecule has 0 spiro atoms. The largest absolute Gasteiger partial charge is 0.493 e. The Kier molecular flexibility index (Phi) is 6.97. The van der Waals surface area contributed by atoms with E-state index in [1.807, 2.05) is 48.7 Å². The van der Waals surface area contributed by atoms with E-state index in [2.05, 4.69) is 53.6 Å². The molecule has 0 aromatic heterocycles. The first-order chi connectivity index (χ1) is 13.5. The highest BCUT2D eigenvalue weighted by Crippen LogP contribution is 2.34. The van der Waals surface area contributed by atoms with Crippen LogP contribution in [0.25, 0.3) is 0 Å². The van der Waals surface area contributed by atoms with Crippen molar-refractivity contribution in [1.29, 1.82) is 0 Å². The van der Waals surface area contributed by atoms with Gasteiger partial charge in [0.1, 0.15) is 6.61 Å². The van der Waals surface area contributed by atoms with Crippen LogP contribution in [0.5, 0.6) is 11.5 Å². The second-order valence-corrected chi connectivity index (χ2v) is 8.08. The zero-order valence-electron chi connectivity index (χ0n) is 16.0. The molecule has 0 aliphatic carbocycles. The highest BCUT2D eigenvalue weighted by molar-refractivity contribution is 14.1. The van der Waals surface area contributed by atoms with Crippen LogP contribution in [-0.2, 0) is 6.61 Å². The Morgan fingerprint density at radius 3 is 2.57 bits per heavy atom. The van der Waals surface area contributed by atoms with Crippen molar-refractivity contribution in [2.75, 3.05) is 7.11 Å². The molecule has 3 nitrogen and oxygen atoms in total. The molecule has 0 atom stereocenters. The van der Waals surface area contributed by atoms with Crippen LogP contribution < -0.4 is 9.47 Å². The SMILES string of the molecule is COc1cc(C=Nc2ccc(C)c(C)c2)cc(I)c1OCc1cccc(Cl)c1. The third-order valence-electron chi connectivity index (χ3n) is 4.38. The third kappa shape index (κ3) is 5.26. The number of methoxy groups -OCH3 is 1. The van der Waals surface area contributed by atoms with E-state index in [9.17, 15) is 0 Å². The van der Waals surface area contributed by atoms with E-state index < -0.39 is 0 Å². The van der Waals surface area contributed by atoms with Crippen molar-refractivity contribution in [3.63, 3.8) is 0 Å². The molecule has 144 valence electrons. The standard InChI is InChI=1S/C23H21ClINO2/c1-15-7-8-20(9-16(15)2)26-13-18-11-21(25)23(22(12-18)27-3)28-14-17-5-4-6-19(24)10-17/h4-13H,14H2,1-3H3. The molecular weight excluding hydrogens is 485 g/mol. The summed E-state index contributed by atoms with van der Waals surface area (Å²) in [6, 6.07) is 17.8. The second kappa shape index (κ2) is 9.43. The van der Waals surface area contributed by atoms with Crippen molar-refractivity contribution in [2.24, 2.45) is 4.99 Å². The molecule has 0 N–H and O–H groups in total. The Morgan fingerprint density at radius 1 is 1.04 bits per heavy atom. The van der Waals surface area contributed by atoms with Crippen LogP contribution in [0, 0.1) is 17.4 Å². The Labute approximate surface area is 184 Å². The molecule has 0 saturated heterocycles. The fourth-order valence-electron chi connectivity index (χ4n) is 2.69. The fourth-order valence-corrected chi connectivity index (χ4v) is 3.69. The van der Waals surface area contributed by atoms with Crippen LogP contribution in [0.2, 0.25) is 5.02 Å². The summed E-state index contributed by atoms with van der Waals surface area (Å²) in [6.45, 7) is 4.60. The summed E-state index contributed by atoms with van der Waals surface area (Å²) in [7, 11) is 1.64. The van der Waals surface area contributed by atoms with E-state index in [1.54, 1.807) is 7.11 Å². The van der Waals surface area contributed by atoms with E-state index in [-0.39, 0.29) is 0 Å². The predicted octanol–water partition coefficient (Wildman–Crippen LogP) is 6.90. The first kappa shape index (κ1) is 20.7. The summed E-state index contributed by atoms with van der Waals surface area (Å²) in [5, 5.41) is 0.695. The van der Waals surface area contributed by atoms with Gasteiger partial charge in [-0.3, -0.25) is 4.99 Å². The van der Waals surface area contributed by atoms with Gasteiger partial charge in [-0.25, -0.2) is 0 Å². The number of ether oxygens (including phenoxy) is 2. The minimum atomic E-state index is 0.420. The Balaban J connectivity index is 1.80. The van der Waals surface area contributed by atoms with Gasteiger partial charge in [0, 0.05) is 11.2 Å². The van der Waals surface area contributed by atoms with Gasteiger partial charge >= 0.3 is 0 Å². The Bertz CT molecular complexity index is 1020. The molecule has 0 aliphatic heterocycles. The van der Waals surface area contributed by atoms with Gasteiger partial charge in [-0.2, -0.15) is 0 Å². The average molecular weight is 506 g/mol. The highest BCUT2D eigenvalue weighted by Gasteiger charge is 2.11. The smallest absolute Gasteiger partial charge is 0.174 e. The summed E-state index contributed by atoms with van der Waals surface area (Å²) >= 11 is 8.30. The molecular formula is C23H21ClINO2. The molecule has 0 bridgehead atoms. The van der Waals surface area contributed by atoms with Crippen LogP contribution in [0.4, 0.5) is 5.69 Å². The minimum Gasteiger partial charge on any atom is -0.493 e. The molecule has 3 aromatic rings. The maximum atomic E-state index is 6.04. The number of aliphatic imine (C=N–C) groups is 1. The molecule has 5 heteroatoms. The molecule has 0 fully saturated rings. The monoisotopic (exact) mass is 505 g/mol. The lowest BCUT2D eigenvalue weighted by Crippen LogP contribution is -2.00. The molecule has 0 unspecified atom stereocenters. The van der Waals surface area contributed by atoms with Crippen LogP contribution in [-0.4, -0.2) is 13.3 Å². The van der Waals surface area contributed by atoms with E-state index in [1.165, 1.54) is 11.1 Å². The molecule has 0 aliphatic rings. The van der Waals surface area contributed by atoms with Crippen molar-refractivity contribution in [1.82, 2.24) is 0 Å². The first-order valence-electron chi connectivity index (χ1n) is 8.82. The molecule has 3 rings (SSSR count). The summed E-state index contributed by atoms with van der Waals surface area (Å²) in [5.74, 6) is 1.39. The van der Waals surface area contributed by atoms with E-state index in [0.29, 0.717) is 23.1 Å². The zero-order valence-corrected chi connectivity index (χ0v) is 18.9. The third-order valence-corrected chi connectivity index (χ3v) is 5.41. The molecule has 0 amide bonds. The summed E-state index contributed by atoms with van der Waals surface area (Å²) in [5.41, 5.74) is 5.38. The van der Waals surface area contributed by atoms with Crippen molar-refractivity contribution < 1.29 is 9.47 Å². The topological polar surface area (TPSA) is 30.8 Å².